The summed E-state index contributed by atoms with van der Waals surface area (Å²) in [5.41, 5.74) is 8.25. The van der Waals surface area contributed by atoms with Crippen molar-refractivity contribution in [1.29, 1.82) is 0 Å². The van der Waals surface area contributed by atoms with Gasteiger partial charge < -0.3 is 20.1 Å². The van der Waals surface area contributed by atoms with Crippen LogP contribution in [0.2, 0.25) is 0 Å². The largest absolute Gasteiger partial charge is 0.371 e. The standard InChI is InChI=1S/C46H50N8O5S/c1-5-27-21-32-34(46(2,3)43-41(42(32)57)31-10-9-28(47-4)22-35(31)49-43)23-37(27)53-15-13-29(14-16-53)52-19-17-51(18-20-52)25-40(56)48-26-60-38-8-6-7-30-33(38)24-54(45(30)59)36-11-12-39(55)50-44(36)58/h6-10,21-23,29,36,49H,5,11-20,24-26H2,1-3H3,(H,48,56)(H,50,55,58). The minimum atomic E-state index is -0.663. The zero-order valence-electron chi connectivity index (χ0n) is 34.4. The summed E-state index contributed by atoms with van der Waals surface area (Å²) in [6.45, 7) is 20.0. The lowest BCUT2D eigenvalue weighted by atomic mass is 9.70. The molecule has 1 unspecified atom stereocenters. The van der Waals surface area contributed by atoms with Crippen molar-refractivity contribution < 1.29 is 24.0 Å². The van der Waals surface area contributed by atoms with Crippen LogP contribution in [0.5, 0.6) is 0 Å². The number of aromatic amines is 1. The summed E-state index contributed by atoms with van der Waals surface area (Å²) < 4.78 is 0. The van der Waals surface area contributed by atoms with E-state index in [2.05, 4.69) is 68.1 Å². The van der Waals surface area contributed by atoms with Gasteiger partial charge in [-0.25, -0.2) is 4.85 Å². The monoisotopic (exact) mass is 826 g/mol. The van der Waals surface area contributed by atoms with Gasteiger partial charge in [0.2, 0.25) is 17.7 Å². The maximum Gasteiger partial charge on any atom is 0.255 e. The number of H-pyrrole nitrogens is 1. The number of piperidine rings is 2. The van der Waals surface area contributed by atoms with E-state index in [4.69, 9.17) is 6.57 Å². The van der Waals surface area contributed by atoms with Crippen molar-refractivity contribution in [3.8, 4) is 0 Å². The lowest BCUT2D eigenvalue weighted by molar-refractivity contribution is -0.137. The number of fused-ring (bicyclic) bond motifs is 5. The van der Waals surface area contributed by atoms with Gasteiger partial charge in [0.15, 0.2) is 11.5 Å². The van der Waals surface area contributed by atoms with Gasteiger partial charge in [-0.15, -0.1) is 11.8 Å². The Morgan fingerprint density at radius 2 is 1.75 bits per heavy atom. The SMILES string of the molecule is [C-]#[N+]c1ccc2c3c([nH]c2c1)C(C)(C)c1cc(N2CCC(N4CCN(CC(=O)NCSc5cccc6c5CN(C5CCC(=O)NC5=O)C6=O)CC4)CC2)c(CC)cc1C3=O. The molecule has 1 aliphatic carbocycles. The molecular formula is C46H50N8O5S. The predicted octanol–water partition coefficient (Wildman–Crippen LogP) is 5.36. The highest BCUT2D eigenvalue weighted by Crippen LogP contribution is 2.46. The van der Waals surface area contributed by atoms with E-state index in [9.17, 15) is 24.0 Å². The zero-order valence-corrected chi connectivity index (χ0v) is 35.2. The molecule has 4 amide bonds. The number of anilines is 1. The molecule has 0 bridgehead atoms. The third-order valence-electron chi connectivity index (χ3n) is 13.4. The van der Waals surface area contributed by atoms with Gasteiger partial charge in [0.25, 0.3) is 5.91 Å². The Balaban J connectivity index is 0.765. The molecule has 13 nitrogen and oxygen atoms in total. The first kappa shape index (κ1) is 39.9. The van der Waals surface area contributed by atoms with Crippen molar-refractivity contribution in [1.82, 2.24) is 30.3 Å². The summed E-state index contributed by atoms with van der Waals surface area (Å²) in [6.07, 6.45) is 3.47. The number of amides is 4. The maximum atomic E-state index is 14.1. The van der Waals surface area contributed by atoms with Gasteiger partial charge in [0.1, 0.15) is 6.04 Å². The fourth-order valence-corrected chi connectivity index (χ4v) is 11.0. The van der Waals surface area contributed by atoms with E-state index in [1.54, 1.807) is 17.0 Å². The maximum absolute atomic E-state index is 14.1. The van der Waals surface area contributed by atoms with Gasteiger partial charge >= 0.3 is 0 Å². The minimum absolute atomic E-state index is 0.0327. The summed E-state index contributed by atoms with van der Waals surface area (Å²) >= 11 is 1.47. The Kier molecular flexibility index (Phi) is 10.5. The van der Waals surface area contributed by atoms with Crippen molar-refractivity contribution in [2.45, 2.75) is 81.8 Å². The van der Waals surface area contributed by atoms with E-state index in [0.29, 0.717) is 42.7 Å². The third-order valence-corrected chi connectivity index (χ3v) is 14.4. The number of nitrogens with zero attached hydrogens (tertiary/aromatic N) is 5. The van der Waals surface area contributed by atoms with Crippen LogP contribution in [0, 0.1) is 6.57 Å². The van der Waals surface area contributed by atoms with Crippen LogP contribution in [-0.4, -0.2) is 113 Å². The molecule has 9 rings (SSSR count). The quantitative estimate of drug-likeness (QED) is 0.0880. The molecule has 3 aromatic carbocycles. The van der Waals surface area contributed by atoms with E-state index in [1.807, 2.05) is 24.3 Å². The average molecular weight is 827 g/mol. The Hall–Kier alpha value is -5.49. The molecule has 310 valence electrons. The summed E-state index contributed by atoms with van der Waals surface area (Å²) in [5.74, 6) is -0.561. The number of carbonyl (C=O) groups is 5. The van der Waals surface area contributed by atoms with Crippen molar-refractivity contribution in [3.05, 3.63) is 99.0 Å². The van der Waals surface area contributed by atoms with E-state index in [1.165, 1.54) is 23.0 Å². The number of piperazine rings is 1. The normalized spacial score (nSPS) is 20.8. The van der Waals surface area contributed by atoms with Crippen molar-refractivity contribution >= 4 is 63.5 Å². The molecule has 3 fully saturated rings. The number of benzene rings is 3. The molecule has 5 aliphatic rings. The van der Waals surface area contributed by atoms with Gasteiger partial charge in [-0.05, 0) is 72.7 Å². The number of thioether (sulfide) groups is 1. The number of ketones is 1. The van der Waals surface area contributed by atoms with Crippen LogP contribution >= 0.6 is 11.8 Å². The minimum Gasteiger partial charge on any atom is -0.371 e. The van der Waals surface area contributed by atoms with Crippen LogP contribution in [0.4, 0.5) is 11.4 Å². The second-order valence-electron chi connectivity index (χ2n) is 17.2. The van der Waals surface area contributed by atoms with Crippen LogP contribution in [0.25, 0.3) is 15.7 Å². The number of hydrogen-bond acceptors (Lipinski definition) is 9. The van der Waals surface area contributed by atoms with Gasteiger partial charge in [0, 0.05) is 102 Å². The second kappa shape index (κ2) is 15.8. The highest BCUT2D eigenvalue weighted by molar-refractivity contribution is 7.99. The number of nitrogens with one attached hydrogen (secondary N) is 3. The molecule has 4 aromatic rings. The van der Waals surface area contributed by atoms with Gasteiger partial charge in [-0.1, -0.05) is 39.0 Å². The van der Waals surface area contributed by atoms with E-state index in [-0.39, 0.29) is 29.9 Å². The molecule has 4 aliphatic heterocycles. The Morgan fingerprint density at radius 3 is 2.48 bits per heavy atom. The molecule has 3 saturated heterocycles. The Labute approximate surface area is 354 Å². The second-order valence-corrected chi connectivity index (χ2v) is 18.2. The topological polar surface area (TPSA) is 143 Å². The lowest BCUT2D eigenvalue weighted by Crippen LogP contribution is -2.54. The Morgan fingerprint density at radius 1 is 0.967 bits per heavy atom. The molecule has 1 atom stereocenters. The molecular weight excluding hydrogens is 777 g/mol. The third kappa shape index (κ3) is 7.06. The smallest absolute Gasteiger partial charge is 0.255 e. The fourth-order valence-electron chi connectivity index (χ4n) is 10.0. The first-order valence-corrected chi connectivity index (χ1v) is 22.1. The number of imide groups is 1. The van der Waals surface area contributed by atoms with Crippen molar-refractivity contribution in [3.63, 3.8) is 0 Å². The van der Waals surface area contributed by atoms with Crippen LogP contribution in [-0.2, 0) is 32.8 Å². The molecule has 14 heteroatoms. The highest BCUT2D eigenvalue weighted by Gasteiger charge is 2.42. The van der Waals surface area contributed by atoms with E-state index >= 15 is 0 Å². The van der Waals surface area contributed by atoms with Crippen LogP contribution in [0.15, 0.2) is 53.4 Å². The van der Waals surface area contributed by atoms with Crippen molar-refractivity contribution in [2.24, 2.45) is 0 Å². The fraction of sp³-hybridized carbons (Fsp3) is 0.435. The Bertz CT molecular complexity index is 2490. The first-order chi connectivity index (χ1) is 28.9. The average Bonchev–Trinajstić information content (AvgIpc) is 3.81. The molecule has 0 spiro atoms. The molecule has 0 saturated carbocycles. The van der Waals surface area contributed by atoms with Crippen LogP contribution in [0.3, 0.4) is 0 Å². The highest BCUT2D eigenvalue weighted by atomic mass is 32.2. The first-order valence-electron chi connectivity index (χ1n) is 21.1. The van der Waals surface area contributed by atoms with E-state index < -0.39 is 17.4 Å². The van der Waals surface area contributed by atoms with Crippen molar-refractivity contribution in [2.75, 3.05) is 56.6 Å². The van der Waals surface area contributed by atoms with Crippen LogP contribution < -0.4 is 15.5 Å². The summed E-state index contributed by atoms with van der Waals surface area (Å²) in [4.78, 5) is 81.4. The molecule has 5 heterocycles. The number of hydrogen-bond donors (Lipinski definition) is 3. The van der Waals surface area contributed by atoms with Gasteiger partial charge in [-0.3, -0.25) is 39.1 Å². The number of aryl methyl sites for hydroxylation is 1. The number of aromatic nitrogens is 1. The molecule has 0 radical (unpaired) electrons. The van der Waals surface area contributed by atoms with Crippen LogP contribution in [0.1, 0.15) is 95.1 Å². The summed E-state index contributed by atoms with van der Waals surface area (Å²) in [5, 5.41) is 6.27. The zero-order chi connectivity index (χ0) is 41.9. The summed E-state index contributed by atoms with van der Waals surface area (Å²) in [6, 6.07) is 15.3. The van der Waals surface area contributed by atoms with E-state index in [0.717, 1.165) is 102 Å². The lowest BCUT2D eigenvalue weighted by Gasteiger charge is -2.44. The molecule has 3 N–H and O–H groups in total. The molecule has 60 heavy (non-hydrogen) atoms. The summed E-state index contributed by atoms with van der Waals surface area (Å²) in [7, 11) is 0. The molecule has 1 aromatic heterocycles. The number of carbonyl (C=O) groups excluding carboxylic acids is 5. The number of rotatable bonds is 9. The van der Waals surface area contributed by atoms with Gasteiger partial charge in [-0.2, -0.15) is 0 Å². The predicted molar refractivity (Wildman–Crippen MR) is 231 cm³/mol. The van der Waals surface area contributed by atoms with Gasteiger partial charge in [0.05, 0.1) is 24.6 Å².